The van der Waals surface area contributed by atoms with Crippen LogP contribution in [0.1, 0.15) is 126 Å². The number of hydrogen-bond donors (Lipinski definition) is 2. The molecule has 1 aliphatic carbocycles. The summed E-state index contributed by atoms with van der Waals surface area (Å²) in [5, 5.41) is 30.5. The number of aliphatic carboxylic acids is 1. The number of oxime groups is 1. The Bertz CT molecular complexity index is 1930. The van der Waals surface area contributed by atoms with Gasteiger partial charge in [0.25, 0.3) is 0 Å². The Balaban J connectivity index is 1.60. The van der Waals surface area contributed by atoms with Crippen LogP contribution in [0.2, 0.25) is 0 Å². The van der Waals surface area contributed by atoms with E-state index in [4.69, 9.17) is 28.7 Å². The minimum atomic E-state index is -1.60. The second-order valence-electron chi connectivity index (χ2n) is 18.7. The van der Waals surface area contributed by atoms with Gasteiger partial charge < -0.3 is 38.7 Å². The van der Waals surface area contributed by atoms with E-state index in [-0.39, 0.29) is 49.2 Å². The molecule has 16 nitrogen and oxygen atoms in total. The van der Waals surface area contributed by atoms with Crippen molar-refractivity contribution in [2.75, 3.05) is 13.6 Å². The van der Waals surface area contributed by atoms with Gasteiger partial charge in [-0.3, -0.25) is 24.2 Å². The molecule has 5 rings (SSSR count). The average Bonchev–Trinajstić information content (AvgIpc) is 3.78. The Morgan fingerprint density at radius 2 is 1.79 bits per heavy atom. The molecule has 16 heteroatoms. The summed E-state index contributed by atoms with van der Waals surface area (Å²) in [6.45, 7) is 16.7. The van der Waals surface area contributed by atoms with E-state index in [2.05, 4.69) is 22.1 Å². The van der Waals surface area contributed by atoms with E-state index in [0.29, 0.717) is 68.7 Å². The number of carbonyl (C=O) groups is 4. The molecule has 0 unspecified atom stereocenters. The fourth-order valence-electron chi connectivity index (χ4n) is 10.2. The normalized spacial score (nSPS) is 35.1. The number of ketones is 1. The standard InChI is InChI=1S/C47H69N5O11/c1-11-39-47(9,58)37-15-14-34(51-59-26-35-13-12-33(25-48-35)38-17-20-49-63-38)16-19-46(8,24-27(2)42(29(37)4)50-32(7)53)44(30(5)43(56)31(6)45(57)61-39)62-41-23-36(22-28(3)60-41)52(10)21-18-40(54)55/h12-13,17,20,25,27-31,36-37,39,41,44,58H,11,14-16,18-19,21-24,26H2,1-10H3,(H,54,55)/b50-42+,51-34+/t27-,28-,29-,30+,31-,36+,37-,39-,41+,44-,46-,47+/m1/s1. The molecule has 2 N–H and O–H groups in total. The SMILES string of the molecule is CC[C@H]1OC(=O)[C@H](C)C(=O)[C@H](C)[C@@H](O[C@H]2C[C@@H](N(C)CCC(=O)O)C[C@@H](C)O2)[C@]2(C)CC/C(=N/OCc3ccc(-c4ccno4)cn3)CC[C@H]([C@@H](C)/C(=N/C(C)=O)[C@H](C)C2)[C@]1(C)O. The van der Waals surface area contributed by atoms with E-state index in [0.717, 1.165) is 11.3 Å². The largest absolute Gasteiger partial charge is 0.481 e. The number of fused-ring (bicyclic) bond motifs is 5. The number of esters is 1. The van der Waals surface area contributed by atoms with Gasteiger partial charge in [-0.15, -0.1) is 0 Å². The first-order valence-electron chi connectivity index (χ1n) is 22.6. The minimum Gasteiger partial charge on any atom is -0.481 e. The van der Waals surface area contributed by atoms with E-state index in [1.165, 1.54) is 6.92 Å². The van der Waals surface area contributed by atoms with Crippen LogP contribution >= 0.6 is 0 Å². The van der Waals surface area contributed by atoms with E-state index in [1.807, 2.05) is 51.8 Å². The first-order valence-corrected chi connectivity index (χ1v) is 22.6. The molecule has 2 aliphatic heterocycles. The lowest BCUT2D eigenvalue weighted by molar-refractivity contribution is -0.249. The maximum absolute atomic E-state index is 14.7. The van der Waals surface area contributed by atoms with Crippen LogP contribution in [0.3, 0.4) is 0 Å². The van der Waals surface area contributed by atoms with Gasteiger partial charge in [0.15, 0.2) is 24.4 Å². The Morgan fingerprint density at radius 3 is 2.43 bits per heavy atom. The average molecular weight is 880 g/mol. The van der Waals surface area contributed by atoms with Crippen LogP contribution in [0.5, 0.6) is 0 Å². The zero-order valence-corrected chi connectivity index (χ0v) is 38.7. The molecule has 1 saturated carbocycles. The fourth-order valence-corrected chi connectivity index (χ4v) is 10.2. The maximum Gasteiger partial charge on any atom is 0.316 e. The number of rotatable bonds is 11. The third-order valence-corrected chi connectivity index (χ3v) is 13.8. The summed E-state index contributed by atoms with van der Waals surface area (Å²) in [5.41, 5.74) is 0.330. The topological polar surface area (TPSA) is 213 Å². The van der Waals surface area contributed by atoms with Gasteiger partial charge in [-0.1, -0.05) is 44.9 Å². The number of carboxylic acids is 1. The van der Waals surface area contributed by atoms with E-state index in [9.17, 15) is 29.4 Å². The highest BCUT2D eigenvalue weighted by Gasteiger charge is 2.51. The Kier molecular flexibility index (Phi) is 17.0. The fraction of sp³-hybridized carbons (Fsp3) is 0.702. The minimum absolute atomic E-state index is 0.0102. The molecule has 0 spiro atoms. The van der Waals surface area contributed by atoms with Crippen LogP contribution < -0.4 is 0 Å². The molecule has 63 heavy (non-hydrogen) atoms. The highest BCUT2D eigenvalue weighted by atomic mass is 16.7. The summed E-state index contributed by atoms with van der Waals surface area (Å²) in [6, 6.07) is 5.40. The van der Waals surface area contributed by atoms with Crippen LogP contribution in [0.4, 0.5) is 0 Å². The number of nitrogens with zero attached hydrogens (tertiary/aromatic N) is 5. The summed E-state index contributed by atoms with van der Waals surface area (Å²) in [5.74, 6) is -5.10. The summed E-state index contributed by atoms with van der Waals surface area (Å²) in [4.78, 5) is 70.3. The molecule has 2 bridgehead atoms. The molecular weight excluding hydrogens is 811 g/mol. The van der Waals surface area contributed by atoms with Crippen molar-refractivity contribution in [3.8, 4) is 11.3 Å². The number of pyridine rings is 1. The smallest absolute Gasteiger partial charge is 0.316 e. The highest BCUT2D eigenvalue weighted by molar-refractivity contribution is 6.00. The second-order valence-corrected chi connectivity index (χ2v) is 18.7. The van der Waals surface area contributed by atoms with Crippen LogP contribution in [0.15, 0.2) is 45.3 Å². The highest BCUT2D eigenvalue weighted by Crippen LogP contribution is 2.46. The van der Waals surface area contributed by atoms with Gasteiger partial charge >= 0.3 is 11.9 Å². The van der Waals surface area contributed by atoms with Gasteiger partial charge in [-0.2, -0.15) is 0 Å². The third kappa shape index (κ3) is 12.5. The number of aliphatic hydroxyl groups is 1. The van der Waals surface area contributed by atoms with Crippen molar-refractivity contribution in [1.29, 1.82) is 0 Å². The number of aliphatic imine (C=N–C) groups is 1. The number of aromatic nitrogens is 2. The van der Waals surface area contributed by atoms with Gasteiger partial charge in [0.1, 0.15) is 17.6 Å². The van der Waals surface area contributed by atoms with Crippen molar-refractivity contribution in [3.05, 3.63) is 36.3 Å². The van der Waals surface area contributed by atoms with Gasteiger partial charge in [-0.05, 0) is 102 Å². The monoisotopic (exact) mass is 879 g/mol. The van der Waals surface area contributed by atoms with Crippen molar-refractivity contribution >= 4 is 35.1 Å². The van der Waals surface area contributed by atoms with Crippen molar-refractivity contribution in [2.45, 2.75) is 163 Å². The second kappa shape index (κ2) is 21.5. The van der Waals surface area contributed by atoms with Crippen molar-refractivity contribution < 1.29 is 53.0 Å². The van der Waals surface area contributed by atoms with Crippen molar-refractivity contribution in [2.24, 2.45) is 45.2 Å². The van der Waals surface area contributed by atoms with Crippen LogP contribution in [-0.2, 0) is 44.8 Å². The zero-order chi connectivity index (χ0) is 46.2. The van der Waals surface area contributed by atoms with Crippen molar-refractivity contribution in [1.82, 2.24) is 15.0 Å². The first kappa shape index (κ1) is 49.6. The number of hydrogen-bond acceptors (Lipinski definition) is 14. The third-order valence-electron chi connectivity index (χ3n) is 13.8. The maximum atomic E-state index is 14.7. The molecule has 348 valence electrons. The van der Waals surface area contributed by atoms with Gasteiger partial charge in [-0.25, -0.2) is 4.99 Å². The quantitative estimate of drug-likeness (QED) is 0.131. The Hall–Kier alpha value is -4.38. The molecule has 2 aromatic rings. The van der Waals surface area contributed by atoms with Crippen LogP contribution in [0, 0.1) is 35.0 Å². The molecule has 12 atom stereocenters. The number of carbonyl (C=O) groups excluding carboxylic acids is 3. The van der Waals surface area contributed by atoms with E-state index in [1.54, 1.807) is 39.2 Å². The van der Waals surface area contributed by atoms with Crippen molar-refractivity contribution in [3.63, 3.8) is 0 Å². The van der Waals surface area contributed by atoms with Crippen LogP contribution in [0.25, 0.3) is 11.3 Å². The van der Waals surface area contributed by atoms with E-state index < -0.39 is 65.1 Å². The predicted octanol–water partition coefficient (Wildman–Crippen LogP) is 7.07. The summed E-state index contributed by atoms with van der Waals surface area (Å²) >= 11 is 0. The van der Waals surface area contributed by atoms with Gasteiger partial charge in [0.05, 0.1) is 36.2 Å². The summed E-state index contributed by atoms with van der Waals surface area (Å²) < 4.78 is 24.9. The molecule has 2 saturated heterocycles. The number of ether oxygens (including phenoxy) is 3. The number of Topliss-reactive ketones (excluding diaryl/α,β-unsaturated/α-hetero) is 1. The van der Waals surface area contributed by atoms with E-state index >= 15 is 0 Å². The lowest BCUT2D eigenvalue weighted by Crippen LogP contribution is -2.54. The Labute approximate surface area is 371 Å². The molecule has 3 aliphatic rings. The van der Waals surface area contributed by atoms with Gasteiger partial charge in [0, 0.05) is 61.3 Å². The molecule has 2 aromatic heterocycles. The number of carboxylic acid groups (broad SMARTS) is 1. The molecule has 0 radical (unpaired) electrons. The lowest BCUT2D eigenvalue weighted by atomic mass is 9.65. The molecule has 0 aromatic carbocycles. The number of cyclic esters (lactones) is 1. The molecule has 4 heterocycles. The number of amides is 1. The molecular formula is C47H69N5O11. The van der Waals surface area contributed by atoms with Crippen LogP contribution in [-0.4, -0.2) is 110 Å². The predicted molar refractivity (Wildman–Crippen MR) is 234 cm³/mol. The molecule has 3 fully saturated rings. The van der Waals surface area contributed by atoms with Gasteiger partial charge in [0.2, 0.25) is 5.91 Å². The Morgan fingerprint density at radius 1 is 1.05 bits per heavy atom. The molecule has 1 amide bonds. The lowest BCUT2D eigenvalue weighted by Gasteiger charge is -2.47. The summed E-state index contributed by atoms with van der Waals surface area (Å²) in [7, 11) is 1.90. The summed E-state index contributed by atoms with van der Waals surface area (Å²) in [6.07, 6.45) is 3.94. The zero-order valence-electron chi connectivity index (χ0n) is 38.7. The first-order chi connectivity index (χ1) is 29.7.